The molecule has 6 nitrogen and oxygen atoms in total. The van der Waals surface area contributed by atoms with Gasteiger partial charge in [0.15, 0.2) is 0 Å². The van der Waals surface area contributed by atoms with E-state index in [0.717, 1.165) is 38.7 Å². The number of ether oxygens (including phenoxy) is 3. The van der Waals surface area contributed by atoms with Crippen LogP contribution in [-0.2, 0) is 27.7 Å². The van der Waals surface area contributed by atoms with Gasteiger partial charge in [0.2, 0.25) is 0 Å². The molecule has 0 radical (unpaired) electrons. The van der Waals surface area contributed by atoms with Crippen LogP contribution in [0, 0.1) is 12.1 Å². The Bertz CT molecular complexity index is 1280. The van der Waals surface area contributed by atoms with E-state index in [9.17, 15) is 5.11 Å². The molecular formula is C32H36N2O4PtS2. The summed E-state index contributed by atoms with van der Waals surface area (Å²) >= 11 is 3.60. The second-order valence-electron chi connectivity index (χ2n) is 9.17. The topological polar surface area (TPSA) is 73.7 Å². The van der Waals surface area contributed by atoms with Gasteiger partial charge in [-0.15, -0.1) is 53.4 Å². The zero-order chi connectivity index (χ0) is 29.1. The predicted molar refractivity (Wildman–Crippen MR) is 165 cm³/mol. The third-order valence-corrected chi connectivity index (χ3v) is 7.45. The third-order valence-electron chi connectivity index (χ3n) is 5.46. The van der Waals surface area contributed by atoms with E-state index >= 15 is 0 Å². The molecular weight excluding hydrogens is 736 g/mol. The molecule has 2 aromatic carbocycles. The van der Waals surface area contributed by atoms with E-state index < -0.39 is 0 Å². The number of hydrogen-bond donors (Lipinski definition) is 1. The van der Waals surface area contributed by atoms with E-state index in [-0.39, 0.29) is 27.7 Å². The Morgan fingerprint density at radius 2 is 1.22 bits per heavy atom. The predicted octanol–water partition coefficient (Wildman–Crippen LogP) is 7.61. The third kappa shape index (κ3) is 10.4. The Balaban J connectivity index is 0.000000280. The molecule has 0 saturated carbocycles. The van der Waals surface area contributed by atoms with Crippen molar-refractivity contribution in [3.05, 3.63) is 78.6 Å². The fraction of sp³-hybridized carbons (Fsp3) is 0.312. The molecule has 4 aromatic rings. The molecule has 9 heteroatoms. The van der Waals surface area contributed by atoms with Crippen molar-refractivity contribution in [1.82, 2.24) is 9.97 Å². The monoisotopic (exact) mass is 771 g/mol. The number of benzene rings is 2. The van der Waals surface area contributed by atoms with E-state index in [1.165, 1.54) is 4.90 Å². The molecule has 0 fully saturated rings. The summed E-state index contributed by atoms with van der Waals surface area (Å²) in [5.41, 5.74) is 4.11. The van der Waals surface area contributed by atoms with Crippen LogP contribution in [0.3, 0.4) is 0 Å². The first-order valence-electron chi connectivity index (χ1n) is 12.9. The van der Waals surface area contributed by atoms with Crippen molar-refractivity contribution in [3.63, 3.8) is 0 Å². The number of methoxy groups -OCH3 is 3. The molecule has 2 heterocycles. The largest absolute Gasteiger partial charge is 2.00 e. The second-order valence-corrected chi connectivity index (χ2v) is 12.5. The van der Waals surface area contributed by atoms with E-state index in [1.807, 2.05) is 48.3 Å². The maximum absolute atomic E-state index is 9.51. The number of pyridine rings is 2. The van der Waals surface area contributed by atoms with Crippen LogP contribution in [0.4, 0.5) is 0 Å². The molecule has 0 aliphatic heterocycles. The van der Waals surface area contributed by atoms with Gasteiger partial charge in [-0.25, -0.2) is 0 Å². The molecule has 0 unspecified atom stereocenters. The number of hydrogen-bond acceptors (Lipinski definition) is 8. The SMILES string of the molecule is COc1c[c-]c(-c2cc(SC(C)C)ccn2)c(CO)c1.COc1c[c-]c(-c2cc(SC(C)C)ccn2)c(OC)c1.[Pt+2]. The van der Waals surface area contributed by atoms with E-state index in [1.54, 1.807) is 51.4 Å². The van der Waals surface area contributed by atoms with Crippen LogP contribution < -0.4 is 14.2 Å². The molecule has 2 aromatic heterocycles. The van der Waals surface area contributed by atoms with Crippen LogP contribution >= 0.6 is 23.5 Å². The minimum absolute atomic E-state index is 0. The fourth-order valence-corrected chi connectivity index (χ4v) is 5.45. The first-order valence-corrected chi connectivity index (χ1v) is 14.6. The normalized spacial score (nSPS) is 10.5. The molecule has 1 N–H and O–H groups in total. The molecule has 0 atom stereocenters. The summed E-state index contributed by atoms with van der Waals surface area (Å²) in [6.07, 6.45) is 3.61. The summed E-state index contributed by atoms with van der Waals surface area (Å²) < 4.78 is 15.8. The Labute approximate surface area is 266 Å². The van der Waals surface area contributed by atoms with Gasteiger partial charge >= 0.3 is 21.1 Å². The maximum atomic E-state index is 9.51. The smallest absolute Gasteiger partial charge is 0.540 e. The minimum Gasteiger partial charge on any atom is -0.540 e. The van der Waals surface area contributed by atoms with Gasteiger partial charge in [0.25, 0.3) is 0 Å². The summed E-state index contributed by atoms with van der Waals surface area (Å²) in [6, 6.07) is 21.6. The molecule has 0 bridgehead atoms. The molecule has 41 heavy (non-hydrogen) atoms. The van der Waals surface area contributed by atoms with Crippen molar-refractivity contribution in [2.75, 3.05) is 21.3 Å². The number of rotatable bonds is 10. The fourth-order valence-electron chi connectivity index (χ4n) is 3.73. The maximum Gasteiger partial charge on any atom is 2.00 e. The van der Waals surface area contributed by atoms with Crippen molar-refractivity contribution in [2.45, 2.75) is 54.6 Å². The van der Waals surface area contributed by atoms with Crippen LogP contribution in [-0.4, -0.2) is 46.9 Å². The van der Waals surface area contributed by atoms with Gasteiger partial charge in [-0.2, -0.15) is 0 Å². The minimum atomic E-state index is -0.0632. The van der Waals surface area contributed by atoms with Crippen molar-refractivity contribution >= 4 is 23.5 Å². The Kier molecular flexibility index (Phi) is 14.8. The summed E-state index contributed by atoms with van der Waals surface area (Å²) in [4.78, 5) is 11.2. The Morgan fingerprint density at radius 3 is 1.68 bits per heavy atom. The summed E-state index contributed by atoms with van der Waals surface area (Å²) in [5, 5.41) is 10.6. The van der Waals surface area contributed by atoms with Gasteiger partial charge in [0.1, 0.15) is 0 Å². The van der Waals surface area contributed by atoms with Crippen LogP contribution in [0.1, 0.15) is 33.3 Å². The summed E-state index contributed by atoms with van der Waals surface area (Å²) in [7, 11) is 4.86. The van der Waals surface area contributed by atoms with Crippen molar-refractivity contribution in [1.29, 1.82) is 0 Å². The molecule has 0 spiro atoms. The zero-order valence-electron chi connectivity index (χ0n) is 24.3. The van der Waals surface area contributed by atoms with Crippen LogP contribution in [0.2, 0.25) is 0 Å². The van der Waals surface area contributed by atoms with Crippen LogP contribution in [0.5, 0.6) is 17.2 Å². The first kappa shape index (κ1) is 34.7. The zero-order valence-corrected chi connectivity index (χ0v) is 28.2. The quantitative estimate of drug-likeness (QED) is 0.131. The Hall–Kier alpha value is -2.51. The van der Waals surface area contributed by atoms with Gasteiger partial charge in [0.05, 0.1) is 21.3 Å². The summed E-state index contributed by atoms with van der Waals surface area (Å²) in [6.45, 7) is 8.59. The molecule has 0 aliphatic rings. The standard InChI is InChI=1S/2C16H18NO2S.Pt/c1-11(2)20-13-7-8-17-15(10-13)14-6-5-12(18-3)9-16(14)19-4;1-11(2)20-14-6-7-17-16(9-14)15-5-4-13(19-3)8-12(15)10-18;/h5,7-11H,1-4H3;4,6-9,11,18H,10H2,1-3H3;/q2*-1;+2. The van der Waals surface area contributed by atoms with E-state index in [2.05, 4.69) is 55.9 Å². The van der Waals surface area contributed by atoms with Gasteiger partial charge in [-0.1, -0.05) is 63.1 Å². The van der Waals surface area contributed by atoms with E-state index in [4.69, 9.17) is 14.2 Å². The van der Waals surface area contributed by atoms with Crippen LogP contribution in [0.25, 0.3) is 22.5 Å². The Morgan fingerprint density at radius 1 is 0.732 bits per heavy atom. The second kappa shape index (κ2) is 17.4. The van der Waals surface area contributed by atoms with Gasteiger partial charge in [0, 0.05) is 56.5 Å². The van der Waals surface area contributed by atoms with Gasteiger partial charge in [-0.3, -0.25) is 0 Å². The molecule has 0 aliphatic carbocycles. The van der Waals surface area contributed by atoms with Gasteiger partial charge < -0.3 is 29.3 Å². The average molecular weight is 772 g/mol. The number of aliphatic hydroxyl groups excluding tert-OH is 1. The van der Waals surface area contributed by atoms with Crippen molar-refractivity contribution in [2.24, 2.45) is 0 Å². The van der Waals surface area contributed by atoms with E-state index in [0.29, 0.717) is 22.0 Å². The van der Waals surface area contributed by atoms with Crippen LogP contribution in [0.15, 0.2) is 70.7 Å². The number of aromatic nitrogens is 2. The first-order chi connectivity index (χ1) is 19.3. The average Bonchev–Trinajstić information content (AvgIpc) is 2.96. The van der Waals surface area contributed by atoms with Crippen molar-refractivity contribution in [3.8, 4) is 39.8 Å². The molecule has 0 saturated heterocycles. The number of thioether (sulfide) groups is 2. The molecule has 4 rings (SSSR count). The molecule has 0 amide bonds. The summed E-state index contributed by atoms with van der Waals surface area (Å²) in [5.74, 6) is 2.12. The molecule has 220 valence electrons. The number of aliphatic hydroxyl groups is 1. The number of nitrogens with zero attached hydrogens (tertiary/aromatic N) is 2. The van der Waals surface area contributed by atoms with Crippen molar-refractivity contribution < 1.29 is 40.4 Å². The van der Waals surface area contributed by atoms with Gasteiger partial charge in [-0.05, 0) is 23.5 Å².